The first-order chi connectivity index (χ1) is 5.57. The maximum Gasteiger partial charge on any atom is 0.161 e. The molecule has 0 saturated carbocycles. The molecule has 0 rings (SSSR count). The summed E-state index contributed by atoms with van der Waals surface area (Å²) in [5.41, 5.74) is 0. The van der Waals surface area contributed by atoms with Gasteiger partial charge in [-0.3, -0.25) is 4.79 Å². The Morgan fingerprint density at radius 3 is 2.50 bits per heavy atom. The Labute approximate surface area is 73.7 Å². The number of rotatable bonds is 6. The van der Waals surface area contributed by atoms with E-state index in [4.69, 9.17) is 9.84 Å². The molecule has 72 valence electrons. The van der Waals surface area contributed by atoms with Crippen LogP contribution in [0.4, 0.5) is 0 Å². The van der Waals surface area contributed by atoms with E-state index in [1.54, 1.807) is 7.11 Å². The Balaban J connectivity index is 3.54. The van der Waals surface area contributed by atoms with Crippen molar-refractivity contribution in [2.75, 3.05) is 13.7 Å². The van der Waals surface area contributed by atoms with Crippen LogP contribution in [0, 0.1) is 5.92 Å². The molecule has 1 N–H and O–H groups in total. The van der Waals surface area contributed by atoms with E-state index < -0.39 is 6.10 Å². The quantitative estimate of drug-likeness (QED) is 0.653. The predicted molar refractivity (Wildman–Crippen MR) is 47.0 cm³/mol. The highest BCUT2D eigenvalue weighted by atomic mass is 16.5. The lowest BCUT2D eigenvalue weighted by Gasteiger charge is -2.10. The highest BCUT2D eigenvalue weighted by Gasteiger charge is 2.12. The fourth-order valence-electron chi connectivity index (χ4n) is 0.935. The van der Waals surface area contributed by atoms with Crippen molar-refractivity contribution in [1.82, 2.24) is 0 Å². The smallest absolute Gasteiger partial charge is 0.161 e. The first-order valence-corrected chi connectivity index (χ1v) is 4.27. The molecule has 3 nitrogen and oxygen atoms in total. The second kappa shape index (κ2) is 6.14. The number of carbonyl (C=O) groups is 1. The van der Waals surface area contributed by atoms with Gasteiger partial charge in [-0.05, 0) is 19.3 Å². The highest BCUT2D eigenvalue weighted by molar-refractivity contribution is 5.82. The molecule has 0 aromatic carbocycles. The van der Waals surface area contributed by atoms with Crippen LogP contribution in [0.2, 0.25) is 0 Å². The normalized spacial score (nSPS) is 15.7. The Kier molecular flexibility index (Phi) is 5.93. The van der Waals surface area contributed by atoms with Gasteiger partial charge in [0.1, 0.15) is 6.10 Å². The minimum Gasteiger partial charge on any atom is -0.386 e. The molecule has 0 aromatic heterocycles. The maximum absolute atomic E-state index is 11.0. The monoisotopic (exact) mass is 174 g/mol. The topological polar surface area (TPSA) is 46.5 Å². The first-order valence-electron chi connectivity index (χ1n) is 4.27. The number of Topliss-reactive ketones (excluding diaryl/α,β-unsaturated/α-hetero) is 1. The van der Waals surface area contributed by atoms with E-state index in [9.17, 15) is 4.79 Å². The number of ketones is 1. The summed E-state index contributed by atoms with van der Waals surface area (Å²) in [7, 11) is 1.64. The standard InChI is InChI=1S/C9H18O3/c1-7(4-5-12-3)6-9(11)8(2)10/h7-8,10H,4-6H2,1-3H3. The SMILES string of the molecule is COCCC(C)CC(=O)C(C)O. The summed E-state index contributed by atoms with van der Waals surface area (Å²) in [5, 5.41) is 8.91. The van der Waals surface area contributed by atoms with Gasteiger partial charge < -0.3 is 9.84 Å². The summed E-state index contributed by atoms with van der Waals surface area (Å²) in [6.45, 7) is 4.17. The van der Waals surface area contributed by atoms with Crippen LogP contribution in [0.1, 0.15) is 26.7 Å². The summed E-state index contributed by atoms with van der Waals surface area (Å²) in [4.78, 5) is 11.0. The zero-order chi connectivity index (χ0) is 9.56. The molecule has 0 aromatic rings. The van der Waals surface area contributed by atoms with Crippen molar-refractivity contribution >= 4 is 5.78 Å². The van der Waals surface area contributed by atoms with Gasteiger partial charge in [0.25, 0.3) is 0 Å². The minimum atomic E-state index is -0.824. The van der Waals surface area contributed by atoms with Crippen LogP contribution < -0.4 is 0 Å². The predicted octanol–water partition coefficient (Wildman–Crippen LogP) is 0.999. The summed E-state index contributed by atoms with van der Waals surface area (Å²) < 4.78 is 4.88. The Bertz CT molecular complexity index is 132. The summed E-state index contributed by atoms with van der Waals surface area (Å²) >= 11 is 0. The van der Waals surface area contributed by atoms with Crippen LogP contribution in [-0.4, -0.2) is 30.7 Å². The molecule has 0 aliphatic carbocycles. The van der Waals surface area contributed by atoms with Gasteiger partial charge in [0.15, 0.2) is 5.78 Å². The molecule has 0 amide bonds. The van der Waals surface area contributed by atoms with E-state index in [1.807, 2.05) is 6.92 Å². The van der Waals surface area contributed by atoms with Gasteiger partial charge in [-0.15, -0.1) is 0 Å². The third-order valence-electron chi connectivity index (χ3n) is 1.83. The molecule has 0 fully saturated rings. The Morgan fingerprint density at radius 2 is 2.08 bits per heavy atom. The lowest BCUT2D eigenvalue weighted by atomic mass is 9.99. The molecule has 2 atom stereocenters. The van der Waals surface area contributed by atoms with Gasteiger partial charge in [0.05, 0.1) is 0 Å². The van der Waals surface area contributed by atoms with Crippen LogP contribution in [0.25, 0.3) is 0 Å². The largest absolute Gasteiger partial charge is 0.386 e. The van der Waals surface area contributed by atoms with Crippen molar-refractivity contribution in [3.63, 3.8) is 0 Å². The van der Waals surface area contributed by atoms with E-state index in [0.29, 0.717) is 18.9 Å². The van der Waals surface area contributed by atoms with Crippen molar-refractivity contribution in [2.45, 2.75) is 32.8 Å². The minimum absolute atomic E-state index is 0.0846. The van der Waals surface area contributed by atoms with E-state index in [2.05, 4.69) is 0 Å². The number of hydrogen-bond donors (Lipinski definition) is 1. The summed E-state index contributed by atoms with van der Waals surface area (Å²) in [5.74, 6) is 0.214. The van der Waals surface area contributed by atoms with Crippen molar-refractivity contribution in [3.05, 3.63) is 0 Å². The maximum atomic E-state index is 11.0. The fraction of sp³-hybridized carbons (Fsp3) is 0.889. The molecule has 3 heteroatoms. The number of hydrogen-bond acceptors (Lipinski definition) is 3. The average molecular weight is 174 g/mol. The van der Waals surface area contributed by atoms with E-state index in [1.165, 1.54) is 6.92 Å². The van der Waals surface area contributed by atoms with Gasteiger partial charge in [0.2, 0.25) is 0 Å². The third-order valence-corrected chi connectivity index (χ3v) is 1.83. The van der Waals surface area contributed by atoms with Gasteiger partial charge in [-0.25, -0.2) is 0 Å². The lowest BCUT2D eigenvalue weighted by Crippen LogP contribution is -2.19. The molecule has 0 aliphatic rings. The molecule has 0 spiro atoms. The molecule has 0 heterocycles. The van der Waals surface area contributed by atoms with E-state index >= 15 is 0 Å². The number of methoxy groups -OCH3 is 1. The van der Waals surface area contributed by atoms with Crippen LogP contribution in [0.5, 0.6) is 0 Å². The molecule has 0 radical (unpaired) electrons. The number of ether oxygens (including phenoxy) is 1. The fourth-order valence-corrected chi connectivity index (χ4v) is 0.935. The lowest BCUT2D eigenvalue weighted by molar-refractivity contribution is -0.127. The van der Waals surface area contributed by atoms with Crippen LogP contribution in [-0.2, 0) is 9.53 Å². The van der Waals surface area contributed by atoms with E-state index in [-0.39, 0.29) is 5.78 Å². The number of carbonyl (C=O) groups excluding carboxylic acids is 1. The third kappa shape index (κ3) is 5.27. The molecule has 0 saturated heterocycles. The van der Waals surface area contributed by atoms with Crippen molar-refractivity contribution in [1.29, 1.82) is 0 Å². The molecule has 0 bridgehead atoms. The van der Waals surface area contributed by atoms with Crippen molar-refractivity contribution in [2.24, 2.45) is 5.92 Å². The van der Waals surface area contributed by atoms with E-state index in [0.717, 1.165) is 6.42 Å². The first kappa shape index (κ1) is 11.6. The van der Waals surface area contributed by atoms with Gasteiger partial charge in [-0.2, -0.15) is 0 Å². The second-order valence-electron chi connectivity index (χ2n) is 3.23. The zero-order valence-electron chi connectivity index (χ0n) is 8.04. The Hall–Kier alpha value is -0.410. The number of aliphatic hydroxyl groups excluding tert-OH is 1. The summed E-state index contributed by atoms with van der Waals surface area (Å²) in [6, 6.07) is 0. The van der Waals surface area contributed by atoms with Gasteiger partial charge in [-0.1, -0.05) is 6.92 Å². The molecular weight excluding hydrogens is 156 g/mol. The van der Waals surface area contributed by atoms with Crippen LogP contribution in [0.3, 0.4) is 0 Å². The molecule has 2 unspecified atom stereocenters. The highest BCUT2D eigenvalue weighted by Crippen LogP contribution is 2.09. The number of aliphatic hydroxyl groups is 1. The molecule has 0 aliphatic heterocycles. The summed E-state index contributed by atoms with van der Waals surface area (Å²) in [6.07, 6.45) is 0.491. The van der Waals surface area contributed by atoms with Crippen LogP contribution in [0.15, 0.2) is 0 Å². The van der Waals surface area contributed by atoms with Crippen molar-refractivity contribution < 1.29 is 14.6 Å². The second-order valence-corrected chi connectivity index (χ2v) is 3.23. The van der Waals surface area contributed by atoms with Gasteiger partial charge >= 0.3 is 0 Å². The Morgan fingerprint density at radius 1 is 1.50 bits per heavy atom. The average Bonchev–Trinajstić information content (AvgIpc) is 2.00. The molecular formula is C9H18O3. The molecule has 12 heavy (non-hydrogen) atoms. The zero-order valence-corrected chi connectivity index (χ0v) is 8.04. The van der Waals surface area contributed by atoms with Crippen LogP contribution >= 0.6 is 0 Å². The van der Waals surface area contributed by atoms with Gasteiger partial charge in [0, 0.05) is 20.1 Å². The van der Waals surface area contributed by atoms with Crippen molar-refractivity contribution in [3.8, 4) is 0 Å².